The standard InChI is InChI=1S/C20H29ClN2O4/c1-16(2)15-27-20(25)23-11-6-10-22(12-13-23)19(24)9-5-14-26-18-8-4-3-7-17(18)21/h3-4,7-8,16H,5-6,9-15H2,1-2H3. The van der Waals surface area contributed by atoms with E-state index in [1.165, 1.54) is 0 Å². The van der Waals surface area contributed by atoms with Gasteiger partial charge in [-0.15, -0.1) is 0 Å². The average molecular weight is 397 g/mol. The van der Waals surface area contributed by atoms with Crippen LogP contribution in [0.3, 0.4) is 0 Å². The van der Waals surface area contributed by atoms with Crippen LogP contribution in [0.15, 0.2) is 24.3 Å². The van der Waals surface area contributed by atoms with Crippen LogP contribution in [0.25, 0.3) is 0 Å². The molecule has 0 saturated carbocycles. The van der Waals surface area contributed by atoms with Crippen LogP contribution in [0.2, 0.25) is 5.02 Å². The predicted molar refractivity (Wildman–Crippen MR) is 105 cm³/mol. The first-order valence-electron chi connectivity index (χ1n) is 9.54. The van der Waals surface area contributed by atoms with Crippen molar-refractivity contribution in [1.29, 1.82) is 0 Å². The van der Waals surface area contributed by atoms with Crippen molar-refractivity contribution in [1.82, 2.24) is 9.80 Å². The van der Waals surface area contributed by atoms with Gasteiger partial charge in [0, 0.05) is 32.6 Å². The van der Waals surface area contributed by atoms with Crippen LogP contribution >= 0.6 is 11.6 Å². The fourth-order valence-electron chi connectivity index (χ4n) is 2.80. The number of nitrogens with zero attached hydrogens (tertiary/aromatic N) is 2. The lowest BCUT2D eigenvalue weighted by molar-refractivity contribution is -0.131. The molecule has 0 bridgehead atoms. The minimum atomic E-state index is -0.286. The molecule has 1 aliphatic rings. The first-order valence-corrected chi connectivity index (χ1v) is 9.92. The topological polar surface area (TPSA) is 59.1 Å². The highest BCUT2D eigenvalue weighted by molar-refractivity contribution is 6.32. The molecular formula is C20H29ClN2O4. The highest BCUT2D eigenvalue weighted by atomic mass is 35.5. The summed E-state index contributed by atoms with van der Waals surface area (Å²) in [5.41, 5.74) is 0. The van der Waals surface area contributed by atoms with Gasteiger partial charge in [0.05, 0.1) is 18.2 Å². The molecule has 1 heterocycles. The monoisotopic (exact) mass is 396 g/mol. The highest BCUT2D eigenvalue weighted by Crippen LogP contribution is 2.23. The first-order chi connectivity index (χ1) is 13.0. The van der Waals surface area contributed by atoms with Crippen LogP contribution in [0.5, 0.6) is 5.75 Å². The van der Waals surface area contributed by atoms with Gasteiger partial charge in [0.1, 0.15) is 5.75 Å². The molecular weight excluding hydrogens is 368 g/mol. The summed E-state index contributed by atoms with van der Waals surface area (Å²) in [6, 6.07) is 7.30. The van der Waals surface area contributed by atoms with Gasteiger partial charge in [-0.1, -0.05) is 37.6 Å². The second-order valence-electron chi connectivity index (χ2n) is 7.07. The minimum absolute atomic E-state index is 0.0927. The lowest BCUT2D eigenvalue weighted by atomic mass is 10.2. The molecule has 0 spiro atoms. The normalized spacial score (nSPS) is 14.8. The predicted octanol–water partition coefficient (Wildman–Crippen LogP) is 3.83. The van der Waals surface area contributed by atoms with Crippen molar-refractivity contribution in [2.24, 2.45) is 5.92 Å². The molecule has 0 radical (unpaired) electrons. The van der Waals surface area contributed by atoms with E-state index in [9.17, 15) is 9.59 Å². The Morgan fingerprint density at radius 3 is 2.56 bits per heavy atom. The molecule has 1 aliphatic heterocycles. The van der Waals surface area contributed by atoms with Gasteiger partial charge in [-0.05, 0) is 30.9 Å². The van der Waals surface area contributed by atoms with E-state index < -0.39 is 0 Å². The molecule has 1 saturated heterocycles. The van der Waals surface area contributed by atoms with Crippen molar-refractivity contribution in [2.75, 3.05) is 39.4 Å². The lowest BCUT2D eigenvalue weighted by Crippen LogP contribution is -2.38. The molecule has 1 aromatic rings. The number of benzene rings is 1. The van der Waals surface area contributed by atoms with Crippen molar-refractivity contribution >= 4 is 23.6 Å². The number of ether oxygens (including phenoxy) is 2. The van der Waals surface area contributed by atoms with Gasteiger partial charge in [-0.3, -0.25) is 4.79 Å². The molecule has 2 rings (SSSR count). The van der Waals surface area contributed by atoms with Gasteiger partial charge in [0.15, 0.2) is 0 Å². The zero-order chi connectivity index (χ0) is 19.6. The van der Waals surface area contributed by atoms with Gasteiger partial charge in [-0.25, -0.2) is 4.79 Å². The van der Waals surface area contributed by atoms with E-state index in [2.05, 4.69) is 0 Å². The Balaban J connectivity index is 1.69. The van der Waals surface area contributed by atoms with Crippen LogP contribution in [0.4, 0.5) is 4.79 Å². The van der Waals surface area contributed by atoms with Crippen LogP contribution < -0.4 is 4.74 Å². The molecule has 27 heavy (non-hydrogen) atoms. The molecule has 0 N–H and O–H groups in total. The van der Waals surface area contributed by atoms with Crippen molar-refractivity contribution in [3.63, 3.8) is 0 Å². The molecule has 150 valence electrons. The second-order valence-corrected chi connectivity index (χ2v) is 7.48. The Morgan fingerprint density at radius 1 is 1.11 bits per heavy atom. The fraction of sp³-hybridized carbons (Fsp3) is 0.600. The van der Waals surface area contributed by atoms with E-state index in [1.807, 2.05) is 36.9 Å². The Kier molecular flexibility index (Phi) is 8.72. The molecule has 2 amide bonds. The average Bonchev–Trinajstić information content (AvgIpc) is 2.90. The second kappa shape index (κ2) is 11.0. The highest BCUT2D eigenvalue weighted by Gasteiger charge is 2.22. The maximum Gasteiger partial charge on any atom is 0.409 e. The summed E-state index contributed by atoms with van der Waals surface area (Å²) in [5.74, 6) is 1.04. The number of carbonyl (C=O) groups excluding carboxylic acids is 2. The van der Waals surface area contributed by atoms with E-state index in [4.69, 9.17) is 21.1 Å². The summed E-state index contributed by atoms with van der Waals surface area (Å²) in [5, 5.41) is 0.570. The molecule has 6 nitrogen and oxygen atoms in total. The van der Waals surface area contributed by atoms with Gasteiger partial charge >= 0.3 is 6.09 Å². The molecule has 1 aromatic carbocycles. The van der Waals surface area contributed by atoms with Crippen molar-refractivity contribution in [2.45, 2.75) is 33.1 Å². The molecule has 1 fully saturated rings. The fourth-order valence-corrected chi connectivity index (χ4v) is 2.99. The third-order valence-electron chi connectivity index (χ3n) is 4.28. The largest absolute Gasteiger partial charge is 0.492 e. The molecule has 7 heteroatoms. The van der Waals surface area contributed by atoms with Crippen molar-refractivity contribution in [3.8, 4) is 5.75 Å². The summed E-state index contributed by atoms with van der Waals surface area (Å²) >= 11 is 6.04. The van der Waals surface area contributed by atoms with Crippen LogP contribution in [-0.4, -0.2) is 61.2 Å². The number of halogens is 1. The van der Waals surface area contributed by atoms with E-state index in [0.29, 0.717) is 68.9 Å². The number of hydrogen-bond donors (Lipinski definition) is 0. The van der Waals surface area contributed by atoms with E-state index in [-0.39, 0.29) is 12.0 Å². The van der Waals surface area contributed by atoms with E-state index >= 15 is 0 Å². The summed E-state index contributed by atoms with van der Waals surface area (Å²) in [6.07, 6.45) is 1.52. The maximum atomic E-state index is 12.4. The third-order valence-corrected chi connectivity index (χ3v) is 4.59. The minimum Gasteiger partial charge on any atom is -0.492 e. The Labute approximate surface area is 166 Å². The molecule has 0 aliphatic carbocycles. The van der Waals surface area contributed by atoms with Crippen LogP contribution in [-0.2, 0) is 9.53 Å². The van der Waals surface area contributed by atoms with Crippen LogP contribution in [0.1, 0.15) is 33.1 Å². The lowest BCUT2D eigenvalue weighted by Gasteiger charge is -2.22. The maximum absolute atomic E-state index is 12.4. The first kappa shape index (κ1) is 21.4. The van der Waals surface area contributed by atoms with Gasteiger partial charge in [-0.2, -0.15) is 0 Å². The summed E-state index contributed by atoms with van der Waals surface area (Å²) in [7, 11) is 0. The zero-order valence-corrected chi connectivity index (χ0v) is 16.9. The van der Waals surface area contributed by atoms with Gasteiger partial charge < -0.3 is 19.3 Å². The number of carbonyl (C=O) groups is 2. The molecule has 0 unspecified atom stereocenters. The summed E-state index contributed by atoms with van der Waals surface area (Å²) in [4.78, 5) is 28.0. The molecule has 0 atom stereocenters. The Bertz CT molecular complexity index is 624. The van der Waals surface area contributed by atoms with Gasteiger partial charge in [0.25, 0.3) is 0 Å². The number of amides is 2. The third kappa shape index (κ3) is 7.29. The SMILES string of the molecule is CC(C)COC(=O)N1CCCN(C(=O)CCCOc2ccccc2Cl)CC1. The Morgan fingerprint density at radius 2 is 1.81 bits per heavy atom. The smallest absolute Gasteiger partial charge is 0.409 e. The zero-order valence-electron chi connectivity index (χ0n) is 16.2. The van der Waals surface area contributed by atoms with Gasteiger partial charge in [0.2, 0.25) is 5.91 Å². The number of para-hydroxylation sites is 1. The van der Waals surface area contributed by atoms with Crippen molar-refractivity contribution in [3.05, 3.63) is 29.3 Å². The summed E-state index contributed by atoms with van der Waals surface area (Å²) in [6.45, 7) is 7.21. The number of rotatable bonds is 7. The van der Waals surface area contributed by atoms with E-state index in [1.54, 1.807) is 11.0 Å². The summed E-state index contributed by atoms with van der Waals surface area (Å²) < 4.78 is 10.9. The van der Waals surface area contributed by atoms with Crippen LogP contribution in [0, 0.1) is 5.92 Å². The Hall–Kier alpha value is -1.95. The molecule has 0 aromatic heterocycles. The van der Waals surface area contributed by atoms with E-state index in [0.717, 1.165) is 6.42 Å². The quantitative estimate of drug-likeness (QED) is 0.657. The number of hydrogen-bond acceptors (Lipinski definition) is 4. The van der Waals surface area contributed by atoms with Crippen molar-refractivity contribution < 1.29 is 19.1 Å².